The number of nitrogens with zero attached hydrogens (tertiary/aromatic N) is 2. The Morgan fingerprint density at radius 2 is 1.89 bits per heavy atom. The molecule has 0 bridgehead atoms. The SMILES string of the molecule is Cc1cc(Cl)ccc1C(=O)Nc1cc(Cl)nc(Cl)n1. The number of benzene rings is 1. The number of hydrogen-bond acceptors (Lipinski definition) is 3. The van der Waals surface area contributed by atoms with Crippen LogP contribution in [0.1, 0.15) is 15.9 Å². The van der Waals surface area contributed by atoms with Gasteiger partial charge in [0.2, 0.25) is 5.28 Å². The summed E-state index contributed by atoms with van der Waals surface area (Å²) in [6.45, 7) is 1.79. The second-order valence-corrected chi connectivity index (χ2v) is 4.92. The van der Waals surface area contributed by atoms with Crippen molar-refractivity contribution >= 4 is 46.5 Å². The third-order valence-electron chi connectivity index (χ3n) is 2.34. The number of nitrogens with one attached hydrogen (secondary N) is 1. The van der Waals surface area contributed by atoms with E-state index < -0.39 is 0 Å². The summed E-state index contributed by atoms with van der Waals surface area (Å²) >= 11 is 17.2. The standard InChI is InChI=1S/C12H8Cl3N3O/c1-6-4-7(13)2-3-8(6)11(19)17-10-5-9(14)16-12(15)18-10/h2-5H,1H3,(H,16,17,18,19). The van der Waals surface area contributed by atoms with Gasteiger partial charge in [0.1, 0.15) is 11.0 Å². The maximum Gasteiger partial charge on any atom is 0.257 e. The van der Waals surface area contributed by atoms with E-state index in [9.17, 15) is 4.79 Å². The topological polar surface area (TPSA) is 54.9 Å². The average Bonchev–Trinajstić information content (AvgIpc) is 2.26. The van der Waals surface area contributed by atoms with Crippen molar-refractivity contribution in [2.24, 2.45) is 0 Å². The molecule has 0 radical (unpaired) electrons. The Labute approximate surface area is 124 Å². The minimum atomic E-state index is -0.319. The van der Waals surface area contributed by atoms with Gasteiger partial charge in [-0.05, 0) is 42.3 Å². The predicted molar refractivity (Wildman–Crippen MR) is 76.2 cm³/mol. The molecule has 7 heteroatoms. The molecule has 1 amide bonds. The zero-order valence-electron chi connectivity index (χ0n) is 9.75. The van der Waals surface area contributed by atoms with Crippen LogP contribution in [0, 0.1) is 6.92 Å². The van der Waals surface area contributed by atoms with Crippen LogP contribution in [0.15, 0.2) is 24.3 Å². The Balaban J connectivity index is 2.25. The van der Waals surface area contributed by atoms with Crippen molar-refractivity contribution in [1.29, 1.82) is 0 Å². The molecule has 1 aromatic heterocycles. The molecule has 0 atom stereocenters. The predicted octanol–water partition coefficient (Wildman–Crippen LogP) is 4.00. The Hall–Kier alpha value is -1.36. The second-order valence-electron chi connectivity index (χ2n) is 3.76. The van der Waals surface area contributed by atoms with E-state index in [0.717, 1.165) is 5.56 Å². The lowest BCUT2D eigenvalue weighted by molar-refractivity contribution is 0.102. The summed E-state index contributed by atoms with van der Waals surface area (Å²) in [5, 5.41) is 3.29. The highest BCUT2D eigenvalue weighted by molar-refractivity contribution is 6.32. The molecule has 0 saturated heterocycles. The van der Waals surface area contributed by atoms with Crippen LogP contribution in [0.2, 0.25) is 15.5 Å². The van der Waals surface area contributed by atoms with Crippen LogP contribution in [-0.2, 0) is 0 Å². The van der Waals surface area contributed by atoms with Gasteiger partial charge < -0.3 is 5.32 Å². The minimum absolute atomic E-state index is 0.0318. The fourth-order valence-electron chi connectivity index (χ4n) is 1.52. The highest BCUT2D eigenvalue weighted by Crippen LogP contribution is 2.18. The molecule has 2 rings (SSSR count). The third kappa shape index (κ3) is 3.56. The fraction of sp³-hybridized carbons (Fsp3) is 0.0833. The highest BCUT2D eigenvalue weighted by Gasteiger charge is 2.11. The summed E-state index contributed by atoms with van der Waals surface area (Å²) in [4.78, 5) is 19.6. The lowest BCUT2D eigenvalue weighted by Crippen LogP contribution is -2.14. The molecule has 1 N–H and O–H groups in total. The number of amides is 1. The molecule has 0 aliphatic heterocycles. The zero-order chi connectivity index (χ0) is 14.0. The summed E-state index contributed by atoms with van der Waals surface area (Å²) in [7, 11) is 0. The van der Waals surface area contributed by atoms with Crippen molar-refractivity contribution in [2.45, 2.75) is 6.92 Å². The Bertz CT molecular complexity index is 626. The number of halogens is 3. The van der Waals surface area contributed by atoms with Crippen molar-refractivity contribution in [3.8, 4) is 0 Å². The van der Waals surface area contributed by atoms with E-state index in [4.69, 9.17) is 34.8 Å². The molecule has 98 valence electrons. The number of carbonyl (C=O) groups excluding carboxylic acids is 1. The molecule has 1 heterocycles. The first-order valence-corrected chi connectivity index (χ1v) is 6.36. The molecule has 0 fully saturated rings. The minimum Gasteiger partial charge on any atom is -0.306 e. The average molecular weight is 317 g/mol. The molecule has 2 aromatic rings. The fourth-order valence-corrected chi connectivity index (χ4v) is 2.15. The van der Waals surface area contributed by atoms with Gasteiger partial charge in [0, 0.05) is 16.7 Å². The van der Waals surface area contributed by atoms with E-state index in [1.54, 1.807) is 25.1 Å². The lowest BCUT2D eigenvalue weighted by atomic mass is 10.1. The Kier molecular flexibility index (Phi) is 4.24. The molecule has 0 spiro atoms. The molecule has 0 aliphatic carbocycles. The van der Waals surface area contributed by atoms with Crippen molar-refractivity contribution in [3.05, 3.63) is 50.9 Å². The first-order valence-electron chi connectivity index (χ1n) is 5.23. The first kappa shape index (κ1) is 14.1. The number of aryl methyl sites for hydroxylation is 1. The summed E-state index contributed by atoms with van der Waals surface area (Å²) in [5.74, 6) is -0.0793. The number of rotatable bonds is 2. The zero-order valence-corrected chi connectivity index (χ0v) is 12.0. The van der Waals surface area contributed by atoms with Crippen LogP contribution < -0.4 is 5.32 Å². The van der Waals surface area contributed by atoms with E-state index in [2.05, 4.69) is 15.3 Å². The monoisotopic (exact) mass is 315 g/mol. The van der Waals surface area contributed by atoms with Gasteiger partial charge in [0.15, 0.2) is 0 Å². The van der Waals surface area contributed by atoms with E-state index >= 15 is 0 Å². The quantitative estimate of drug-likeness (QED) is 0.673. The molecule has 4 nitrogen and oxygen atoms in total. The van der Waals surface area contributed by atoms with E-state index in [0.29, 0.717) is 10.6 Å². The molecular weight excluding hydrogens is 309 g/mol. The van der Waals surface area contributed by atoms with Crippen molar-refractivity contribution in [3.63, 3.8) is 0 Å². The van der Waals surface area contributed by atoms with Crippen LogP contribution in [0.25, 0.3) is 0 Å². The van der Waals surface area contributed by atoms with Crippen molar-refractivity contribution in [2.75, 3.05) is 5.32 Å². The van der Waals surface area contributed by atoms with Crippen LogP contribution in [0.3, 0.4) is 0 Å². The van der Waals surface area contributed by atoms with Crippen LogP contribution in [0.5, 0.6) is 0 Å². The van der Waals surface area contributed by atoms with E-state index in [1.165, 1.54) is 6.07 Å². The van der Waals surface area contributed by atoms with Gasteiger partial charge in [-0.2, -0.15) is 0 Å². The van der Waals surface area contributed by atoms with E-state index in [-0.39, 0.29) is 22.2 Å². The maximum absolute atomic E-state index is 12.1. The number of aromatic nitrogens is 2. The van der Waals surface area contributed by atoms with Gasteiger partial charge in [0.25, 0.3) is 5.91 Å². The molecule has 0 saturated carbocycles. The van der Waals surface area contributed by atoms with Gasteiger partial charge in [-0.1, -0.05) is 23.2 Å². The first-order chi connectivity index (χ1) is 8.95. The van der Waals surface area contributed by atoms with Crippen LogP contribution in [-0.4, -0.2) is 15.9 Å². The summed E-state index contributed by atoms with van der Waals surface area (Å²) in [5.41, 5.74) is 1.26. The summed E-state index contributed by atoms with van der Waals surface area (Å²) in [6, 6.07) is 6.40. The lowest BCUT2D eigenvalue weighted by Gasteiger charge is -2.07. The Morgan fingerprint density at radius 3 is 2.53 bits per heavy atom. The van der Waals surface area contributed by atoms with E-state index in [1.807, 2.05) is 0 Å². The summed E-state index contributed by atoms with van der Waals surface area (Å²) in [6.07, 6.45) is 0. The second kappa shape index (κ2) is 5.74. The molecular formula is C12H8Cl3N3O. The highest BCUT2D eigenvalue weighted by atomic mass is 35.5. The third-order valence-corrected chi connectivity index (χ3v) is 2.94. The molecule has 19 heavy (non-hydrogen) atoms. The van der Waals surface area contributed by atoms with Crippen molar-refractivity contribution < 1.29 is 4.79 Å². The van der Waals surface area contributed by atoms with Crippen LogP contribution in [0.4, 0.5) is 5.82 Å². The number of hydrogen-bond donors (Lipinski definition) is 1. The van der Waals surface area contributed by atoms with Gasteiger partial charge in [0.05, 0.1) is 0 Å². The number of carbonyl (C=O) groups is 1. The molecule has 1 aromatic carbocycles. The van der Waals surface area contributed by atoms with Gasteiger partial charge >= 0.3 is 0 Å². The molecule has 0 unspecified atom stereocenters. The normalized spacial score (nSPS) is 10.3. The van der Waals surface area contributed by atoms with Gasteiger partial charge in [-0.3, -0.25) is 4.79 Å². The largest absolute Gasteiger partial charge is 0.306 e. The molecule has 0 aliphatic rings. The van der Waals surface area contributed by atoms with Crippen LogP contribution >= 0.6 is 34.8 Å². The smallest absolute Gasteiger partial charge is 0.257 e. The van der Waals surface area contributed by atoms with Gasteiger partial charge in [-0.15, -0.1) is 0 Å². The Morgan fingerprint density at radius 1 is 1.16 bits per heavy atom. The number of anilines is 1. The summed E-state index contributed by atoms with van der Waals surface area (Å²) < 4.78 is 0. The van der Waals surface area contributed by atoms with Gasteiger partial charge in [-0.25, -0.2) is 9.97 Å². The maximum atomic E-state index is 12.1. The van der Waals surface area contributed by atoms with Crippen molar-refractivity contribution in [1.82, 2.24) is 9.97 Å².